The second-order valence-corrected chi connectivity index (χ2v) is 5.02. The summed E-state index contributed by atoms with van der Waals surface area (Å²) >= 11 is 1.16. The van der Waals surface area contributed by atoms with Gasteiger partial charge in [0, 0.05) is 5.69 Å². The van der Waals surface area contributed by atoms with E-state index >= 15 is 0 Å². The highest BCUT2D eigenvalue weighted by Gasteiger charge is 2.09. The lowest BCUT2D eigenvalue weighted by Gasteiger charge is -2.06. The fourth-order valence-electron chi connectivity index (χ4n) is 1.74. The Morgan fingerprint density at radius 1 is 1.37 bits per heavy atom. The number of hydrogen-bond acceptors (Lipinski definition) is 4. The molecule has 0 aliphatic carbocycles. The Kier molecular flexibility index (Phi) is 4.57. The molecule has 0 unspecified atom stereocenters. The topological polar surface area (TPSA) is 68.0 Å². The summed E-state index contributed by atoms with van der Waals surface area (Å²) in [5.41, 5.74) is 2.23. The molecular formula is C13H15N3O2S. The van der Waals surface area contributed by atoms with E-state index in [-0.39, 0.29) is 5.75 Å². The van der Waals surface area contributed by atoms with Crippen LogP contribution in [0, 0.1) is 0 Å². The molecule has 0 saturated heterocycles. The lowest BCUT2D eigenvalue weighted by atomic mass is 10.1. The van der Waals surface area contributed by atoms with E-state index in [4.69, 9.17) is 5.11 Å². The van der Waals surface area contributed by atoms with Crippen LogP contribution < -0.4 is 0 Å². The van der Waals surface area contributed by atoms with Gasteiger partial charge in [0.15, 0.2) is 5.16 Å². The van der Waals surface area contributed by atoms with E-state index < -0.39 is 5.97 Å². The monoisotopic (exact) mass is 277 g/mol. The summed E-state index contributed by atoms with van der Waals surface area (Å²) in [6.45, 7) is 2.15. The number of benzene rings is 1. The lowest BCUT2D eigenvalue weighted by Crippen LogP contribution is -2.01. The maximum Gasteiger partial charge on any atom is 0.313 e. The predicted molar refractivity (Wildman–Crippen MR) is 73.7 cm³/mol. The van der Waals surface area contributed by atoms with Gasteiger partial charge in [-0.2, -0.15) is 0 Å². The highest BCUT2D eigenvalue weighted by molar-refractivity contribution is 7.99. The van der Waals surface area contributed by atoms with Gasteiger partial charge in [0.25, 0.3) is 0 Å². The molecule has 2 aromatic rings. The van der Waals surface area contributed by atoms with Gasteiger partial charge in [-0.1, -0.05) is 37.2 Å². The van der Waals surface area contributed by atoms with Gasteiger partial charge in [-0.15, -0.1) is 10.2 Å². The molecule has 19 heavy (non-hydrogen) atoms. The first-order valence-corrected chi connectivity index (χ1v) is 7.03. The van der Waals surface area contributed by atoms with Crippen molar-refractivity contribution >= 4 is 17.7 Å². The van der Waals surface area contributed by atoms with Crippen molar-refractivity contribution in [3.8, 4) is 5.69 Å². The van der Waals surface area contributed by atoms with Crippen LogP contribution in [0.2, 0.25) is 0 Å². The maximum atomic E-state index is 10.6. The standard InChI is InChI=1S/C13H15N3O2S/c1-2-3-10-4-6-11(7-5-10)16-9-14-15-13(16)19-8-12(17)18/h4-7,9H,2-3,8H2,1H3,(H,17,18). The molecular weight excluding hydrogens is 262 g/mol. The van der Waals surface area contributed by atoms with E-state index in [1.807, 2.05) is 12.1 Å². The van der Waals surface area contributed by atoms with E-state index in [9.17, 15) is 4.79 Å². The van der Waals surface area contributed by atoms with E-state index in [1.165, 1.54) is 5.56 Å². The summed E-state index contributed by atoms with van der Waals surface area (Å²) in [5, 5.41) is 17.0. The first-order chi connectivity index (χ1) is 9.20. The average Bonchev–Trinajstić information content (AvgIpc) is 2.86. The number of carbonyl (C=O) groups is 1. The maximum absolute atomic E-state index is 10.6. The van der Waals surface area contributed by atoms with Crippen LogP contribution in [0.25, 0.3) is 5.69 Å². The molecule has 0 bridgehead atoms. The Bertz CT molecular complexity index is 551. The van der Waals surface area contributed by atoms with Crippen LogP contribution in [0.4, 0.5) is 0 Å². The Balaban J connectivity index is 2.17. The van der Waals surface area contributed by atoms with Gasteiger partial charge in [0.2, 0.25) is 0 Å². The first-order valence-electron chi connectivity index (χ1n) is 6.04. The largest absolute Gasteiger partial charge is 0.481 e. The Labute approximate surface area is 115 Å². The van der Waals surface area contributed by atoms with Crippen molar-refractivity contribution in [2.75, 3.05) is 5.75 Å². The zero-order valence-corrected chi connectivity index (χ0v) is 11.4. The number of carboxylic acids is 1. The van der Waals surface area contributed by atoms with Crippen molar-refractivity contribution in [2.24, 2.45) is 0 Å². The normalized spacial score (nSPS) is 10.6. The fraction of sp³-hybridized carbons (Fsp3) is 0.308. The third-order valence-corrected chi connectivity index (χ3v) is 3.52. The van der Waals surface area contributed by atoms with Crippen molar-refractivity contribution in [1.29, 1.82) is 0 Å². The molecule has 0 aliphatic heterocycles. The molecule has 1 N–H and O–H groups in total. The number of aromatic nitrogens is 3. The summed E-state index contributed by atoms with van der Waals surface area (Å²) in [4.78, 5) is 10.6. The quantitative estimate of drug-likeness (QED) is 0.821. The molecule has 0 atom stereocenters. The Morgan fingerprint density at radius 2 is 2.11 bits per heavy atom. The second-order valence-electron chi connectivity index (χ2n) is 4.08. The predicted octanol–water partition coefficient (Wildman–Crippen LogP) is 2.40. The summed E-state index contributed by atoms with van der Waals surface area (Å²) in [6.07, 6.45) is 3.77. The van der Waals surface area contributed by atoms with Crippen molar-refractivity contribution in [3.05, 3.63) is 36.2 Å². The van der Waals surface area contributed by atoms with E-state index in [2.05, 4.69) is 29.3 Å². The summed E-state index contributed by atoms with van der Waals surface area (Å²) < 4.78 is 1.79. The minimum Gasteiger partial charge on any atom is -0.481 e. The minimum atomic E-state index is -0.863. The van der Waals surface area contributed by atoms with Gasteiger partial charge in [-0.25, -0.2) is 0 Å². The molecule has 0 spiro atoms. The van der Waals surface area contributed by atoms with Gasteiger partial charge in [-0.3, -0.25) is 9.36 Å². The van der Waals surface area contributed by atoms with E-state index in [0.29, 0.717) is 5.16 Å². The SMILES string of the molecule is CCCc1ccc(-n2cnnc2SCC(=O)O)cc1. The molecule has 100 valence electrons. The van der Waals surface area contributed by atoms with Crippen LogP contribution in [0.1, 0.15) is 18.9 Å². The minimum absolute atomic E-state index is 0.0212. The Hall–Kier alpha value is -1.82. The number of rotatable bonds is 6. The molecule has 0 aliphatic rings. The third-order valence-electron chi connectivity index (χ3n) is 2.59. The average molecular weight is 277 g/mol. The van der Waals surface area contributed by atoms with Crippen molar-refractivity contribution in [1.82, 2.24) is 14.8 Å². The highest BCUT2D eigenvalue weighted by atomic mass is 32.2. The molecule has 1 aromatic carbocycles. The number of aliphatic carboxylic acids is 1. The van der Waals surface area contributed by atoms with Crippen molar-refractivity contribution in [2.45, 2.75) is 24.9 Å². The first kappa shape index (κ1) is 13.6. The summed E-state index contributed by atoms with van der Waals surface area (Å²) in [5.74, 6) is -0.884. The van der Waals surface area contributed by atoms with Crippen LogP contribution >= 0.6 is 11.8 Å². The van der Waals surface area contributed by atoms with Crippen LogP contribution in [0.5, 0.6) is 0 Å². The second kappa shape index (κ2) is 6.38. The number of aryl methyl sites for hydroxylation is 1. The third kappa shape index (κ3) is 3.57. The van der Waals surface area contributed by atoms with E-state index in [0.717, 1.165) is 30.3 Å². The molecule has 5 nitrogen and oxygen atoms in total. The van der Waals surface area contributed by atoms with Gasteiger partial charge in [0.05, 0.1) is 5.75 Å². The van der Waals surface area contributed by atoms with Crippen LogP contribution in [-0.4, -0.2) is 31.6 Å². The van der Waals surface area contributed by atoms with Crippen LogP contribution in [0.15, 0.2) is 35.7 Å². The van der Waals surface area contributed by atoms with Gasteiger partial charge in [-0.05, 0) is 24.1 Å². The molecule has 0 radical (unpaired) electrons. The van der Waals surface area contributed by atoms with Gasteiger partial charge in [0.1, 0.15) is 6.33 Å². The van der Waals surface area contributed by atoms with Crippen LogP contribution in [0.3, 0.4) is 0 Å². The molecule has 0 amide bonds. The molecule has 1 aromatic heterocycles. The molecule has 0 saturated carbocycles. The number of nitrogens with zero attached hydrogens (tertiary/aromatic N) is 3. The molecule has 0 fully saturated rings. The molecule has 1 heterocycles. The molecule has 2 rings (SSSR count). The summed E-state index contributed by atoms with van der Waals surface area (Å²) in [6, 6.07) is 8.15. The van der Waals surface area contributed by atoms with Gasteiger partial charge < -0.3 is 5.11 Å². The highest BCUT2D eigenvalue weighted by Crippen LogP contribution is 2.19. The number of carboxylic acid groups (broad SMARTS) is 1. The van der Waals surface area contributed by atoms with E-state index in [1.54, 1.807) is 10.9 Å². The van der Waals surface area contributed by atoms with Crippen molar-refractivity contribution < 1.29 is 9.90 Å². The zero-order chi connectivity index (χ0) is 13.7. The lowest BCUT2D eigenvalue weighted by molar-refractivity contribution is -0.133. The zero-order valence-electron chi connectivity index (χ0n) is 10.6. The van der Waals surface area contributed by atoms with Crippen LogP contribution in [-0.2, 0) is 11.2 Å². The molecule has 6 heteroatoms. The number of hydrogen-bond donors (Lipinski definition) is 1. The van der Waals surface area contributed by atoms with Crippen molar-refractivity contribution in [3.63, 3.8) is 0 Å². The Morgan fingerprint density at radius 3 is 2.74 bits per heavy atom. The van der Waals surface area contributed by atoms with Gasteiger partial charge >= 0.3 is 5.97 Å². The summed E-state index contributed by atoms with van der Waals surface area (Å²) in [7, 11) is 0. The number of thioether (sulfide) groups is 1. The smallest absolute Gasteiger partial charge is 0.313 e. The fourth-order valence-corrected chi connectivity index (χ4v) is 2.39.